The van der Waals surface area contributed by atoms with Crippen LogP contribution in [-0.2, 0) is 24.4 Å². The third-order valence-electron chi connectivity index (χ3n) is 2.97. The van der Waals surface area contributed by atoms with Crippen molar-refractivity contribution in [3.63, 3.8) is 0 Å². The van der Waals surface area contributed by atoms with Gasteiger partial charge in [0.25, 0.3) is 0 Å². The lowest BCUT2D eigenvalue weighted by atomic mass is 10.1. The average molecular weight is 305 g/mol. The number of thiazole rings is 1. The molecule has 6 heteroatoms. The predicted molar refractivity (Wildman–Crippen MR) is 84.0 cm³/mol. The van der Waals surface area contributed by atoms with Crippen molar-refractivity contribution in [1.29, 1.82) is 5.41 Å². The maximum absolute atomic E-state index is 7.58. The monoisotopic (exact) mass is 305 g/mol. The number of nitrogens with zero attached hydrogens (tertiary/aromatic N) is 1. The number of rotatable bonds is 7. The molecule has 0 saturated carbocycles. The van der Waals surface area contributed by atoms with Crippen molar-refractivity contribution >= 4 is 17.2 Å². The summed E-state index contributed by atoms with van der Waals surface area (Å²) in [6.45, 7) is 2.80. The minimum atomic E-state index is 0.0137. The number of aryl methyl sites for hydroxylation is 1. The molecule has 0 bridgehead atoms. The fourth-order valence-electron chi connectivity index (χ4n) is 1.98. The molecular weight excluding hydrogens is 286 g/mol. The second-order valence-corrected chi connectivity index (χ2v) is 5.56. The highest BCUT2D eigenvalue weighted by Gasteiger charge is 2.14. The zero-order valence-corrected chi connectivity index (χ0v) is 13.0. The van der Waals surface area contributed by atoms with E-state index in [1.807, 2.05) is 18.2 Å². The summed E-state index contributed by atoms with van der Waals surface area (Å²) in [6.07, 6.45) is 0.918. The zero-order valence-electron chi connectivity index (χ0n) is 12.2. The number of ether oxygens (including phenoxy) is 2. The van der Waals surface area contributed by atoms with E-state index in [1.54, 1.807) is 7.11 Å². The molecule has 0 aliphatic heterocycles. The number of hydrogen-bond acceptors (Lipinski definition) is 5. The van der Waals surface area contributed by atoms with Crippen molar-refractivity contribution in [3.8, 4) is 5.75 Å². The zero-order chi connectivity index (χ0) is 15.2. The standard InChI is InChI=1S/C15H19N3O2S/c1-3-10-6-4-5-7-12(10)20-9-13-18-11(8-19-2)14(21-13)15(16)17/h4-7H,3,8-9H2,1-2H3,(H3,16,17). The number of hydrogen-bond donors (Lipinski definition) is 2. The van der Waals surface area contributed by atoms with Crippen molar-refractivity contribution in [1.82, 2.24) is 4.98 Å². The predicted octanol–water partition coefficient (Wildman–Crippen LogP) is 2.71. The Balaban J connectivity index is 2.13. The summed E-state index contributed by atoms with van der Waals surface area (Å²) in [6, 6.07) is 7.95. The van der Waals surface area contributed by atoms with Crippen LogP contribution in [0.25, 0.3) is 0 Å². The van der Waals surface area contributed by atoms with E-state index in [0.717, 1.165) is 22.7 Å². The van der Waals surface area contributed by atoms with Gasteiger partial charge in [0.05, 0.1) is 17.2 Å². The van der Waals surface area contributed by atoms with Crippen molar-refractivity contribution in [2.75, 3.05) is 7.11 Å². The third kappa shape index (κ3) is 3.80. The van der Waals surface area contributed by atoms with Crippen LogP contribution in [0.5, 0.6) is 5.75 Å². The highest BCUT2D eigenvalue weighted by molar-refractivity contribution is 7.13. The quantitative estimate of drug-likeness (QED) is 0.609. The van der Waals surface area contributed by atoms with Gasteiger partial charge < -0.3 is 15.2 Å². The Morgan fingerprint density at radius 2 is 2.10 bits per heavy atom. The maximum atomic E-state index is 7.58. The number of methoxy groups -OCH3 is 1. The van der Waals surface area contributed by atoms with E-state index in [0.29, 0.717) is 23.8 Å². The fourth-order valence-corrected chi connectivity index (χ4v) is 2.83. The summed E-state index contributed by atoms with van der Waals surface area (Å²) in [4.78, 5) is 5.09. The van der Waals surface area contributed by atoms with Crippen molar-refractivity contribution in [2.45, 2.75) is 26.6 Å². The van der Waals surface area contributed by atoms with Gasteiger partial charge in [0, 0.05) is 7.11 Å². The van der Waals surface area contributed by atoms with Crippen molar-refractivity contribution < 1.29 is 9.47 Å². The first-order valence-electron chi connectivity index (χ1n) is 6.68. The Bertz CT molecular complexity index is 625. The van der Waals surface area contributed by atoms with Gasteiger partial charge in [-0.2, -0.15) is 0 Å². The highest BCUT2D eigenvalue weighted by atomic mass is 32.1. The van der Waals surface area contributed by atoms with Gasteiger partial charge in [-0.1, -0.05) is 25.1 Å². The Morgan fingerprint density at radius 1 is 1.33 bits per heavy atom. The molecule has 0 atom stereocenters. The third-order valence-corrected chi connectivity index (χ3v) is 4.08. The number of amidine groups is 1. The van der Waals surface area contributed by atoms with Crippen LogP contribution >= 0.6 is 11.3 Å². The molecule has 1 aromatic heterocycles. The Kier molecular flexibility index (Phi) is 5.30. The van der Waals surface area contributed by atoms with Gasteiger partial charge in [-0.25, -0.2) is 4.98 Å². The van der Waals surface area contributed by atoms with Crippen LogP contribution in [0.15, 0.2) is 24.3 Å². The van der Waals surface area contributed by atoms with Gasteiger partial charge in [-0.15, -0.1) is 11.3 Å². The average Bonchev–Trinajstić information content (AvgIpc) is 2.89. The van der Waals surface area contributed by atoms with Crippen LogP contribution < -0.4 is 10.5 Å². The molecule has 21 heavy (non-hydrogen) atoms. The van der Waals surface area contributed by atoms with Crippen LogP contribution in [0.3, 0.4) is 0 Å². The van der Waals surface area contributed by atoms with E-state index < -0.39 is 0 Å². The summed E-state index contributed by atoms with van der Waals surface area (Å²) in [7, 11) is 1.59. The maximum Gasteiger partial charge on any atom is 0.140 e. The molecule has 0 fully saturated rings. The molecular formula is C15H19N3O2S. The molecule has 5 nitrogen and oxygen atoms in total. The fraction of sp³-hybridized carbons (Fsp3) is 0.333. The number of nitrogens with one attached hydrogen (secondary N) is 1. The lowest BCUT2D eigenvalue weighted by Crippen LogP contribution is -2.11. The van der Waals surface area contributed by atoms with E-state index >= 15 is 0 Å². The van der Waals surface area contributed by atoms with Gasteiger partial charge in [0.15, 0.2) is 0 Å². The molecule has 2 aromatic rings. The number of para-hydroxylation sites is 1. The summed E-state index contributed by atoms with van der Waals surface area (Å²) in [5, 5.41) is 8.37. The molecule has 0 saturated heterocycles. The Hall–Kier alpha value is -1.92. The van der Waals surface area contributed by atoms with Crippen LogP contribution in [0.2, 0.25) is 0 Å². The Labute approximate surface area is 128 Å². The molecule has 0 aliphatic carbocycles. The van der Waals surface area contributed by atoms with Crippen LogP contribution in [0.1, 0.15) is 28.1 Å². The first-order chi connectivity index (χ1) is 10.2. The number of aromatic nitrogens is 1. The lowest BCUT2D eigenvalue weighted by molar-refractivity contribution is 0.181. The second kappa shape index (κ2) is 7.19. The van der Waals surface area contributed by atoms with E-state index in [1.165, 1.54) is 11.3 Å². The summed E-state index contributed by atoms with van der Waals surface area (Å²) in [5.41, 5.74) is 7.43. The molecule has 0 aliphatic rings. The Morgan fingerprint density at radius 3 is 2.76 bits per heavy atom. The van der Waals surface area contributed by atoms with Gasteiger partial charge in [-0.3, -0.25) is 5.41 Å². The van der Waals surface area contributed by atoms with Crippen molar-refractivity contribution in [2.24, 2.45) is 5.73 Å². The van der Waals surface area contributed by atoms with Crippen LogP contribution in [-0.4, -0.2) is 17.9 Å². The van der Waals surface area contributed by atoms with E-state index in [2.05, 4.69) is 18.0 Å². The lowest BCUT2D eigenvalue weighted by Gasteiger charge is -2.08. The first kappa shape index (κ1) is 15.5. The normalized spacial score (nSPS) is 10.6. The van der Waals surface area contributed by atoms with Crippen LogP contribution in [0.4, 0.5) is 0 Å². The van der Waals surface area contributed by atoms with Crippen molar-refractivity contribution in [3.05, 3.63) is 45.4 Å². The first-order valence-corrected chi connectivity index (χ1v) is 7.50. The number of nitrogens with two attached hydrogens (primary N) is 1. The highest BCUT2D eigenvalue weighted by Crippen LogP contribution is 2.23. The number of nitrogen functional groups attached to an aromatic ring is 1. The molecule has 0 spiro atoms. The largest absolute Gasteiger partial charge is 0.486 e. The van der Waals surface area contributed by atoms with E-state index in [4.69, 9.17) is 20.6 Å². The molecule has 1 heterocycles. The SMILES string of the molecule is CCc1ccccc1OCc1nc(COC)c(C(=N)N)s1. The molecule has 2 rings (SSSR count). The van der Waals surface area contributed by atoms with E-state index in [9.17, 15) is 0 Å². The minimum absolute atomic E-state index is 0.0137. The van der Waals surface area contributed by atoms with Gasteiger partial charge >= 0.3 is 0 Å². The molecule has 0 amide bonds. The molecule has 0 radical (unpaired) electrons. The molecule has 1 aromatic carbocycles. The summed E-state index contributed by atoms with van der Waals surface area (Å²) < 4.78 is 10.9. The molecule has 0 unspecified atom stereocenters. The van der Waals surface area contributed by atoms with Gasteiger partial charge in [0.1, 0.15) is 23.2 Å². The molecule has 3 N–H and O–H groups in total. The second-order valence-electron chi connectivity index (χ2n) is 4.48. The van der Waals surface area contributed by atoms with E-state index in [-0.39, 0.29) is 5.84 Å². The summed E-state index contributed by atoms with van der Waals surface area (Å²) >= 11 is 1.37. The topological polar surface area (TPSA) is 81.2 Å². The minimum Gasteiger partial charge on any atom is -0.486 e. The molecule has 112 valence electrons. The smallest absolute Gasteiger partial charge is 0.140 e. The number of benzene rings is 1. The van der Waals surface area contributed by atoms with Crippen LogP contribution in [0, 0.1) is 5.41 Å². The van der Waals surface area contributed by atoms with Gasteiger partial charge in [0.2, 0.25) is 0 Å². The van der Waals surface area contributed by atoms with Gasteiger partial charge in [-0.05, 0) is 18.1 Å². The summed E-state index contributed by atoms with van der Waals surface area (Å²) in [5.74, 6) is 0.882.